The van der Waals surface area contributed by atoms with E-state index in [9.17, 15) is 0 Å². The topological polar surface area (TPSA) is 47.3 Å². The molecule has 0 aliphatic carbocycles. The second-order valence-electron chi connectivity index (χ2n) is 2.78. The molecule has 1 unspecified atom stereocenters. The van der Waals surface area contributed by atoms with Crippen molar-refractivity contribution < 1.29 is 4.74 Å². The first-order chi connectivity index (χ1) is 5.85. The molecule has 3 nitrogen and oxygen atoms in total. The highest BCUT2D eigenvalue weighted by Crippen LogP contribution is 2.05. The fourth-order valence-electron chi connectivity index (χ4n) is 1.05. The van der Waals surface area contributed by atoms with Crippen molar-refractivity contribution >= 4 is 11.8 Å². The highest BCUT2D eigenvalue weighted by atomic mass is 32.2. The molecular weight excluding hydrogens is 172 g/mol. The van der Waals surface area contributed by atoms with E-state index in [1.807, 2.05) is 11.8 Å². The van der Waals surface area contributed by atoms with Crippen molar-refractivity contribution in [2.75, 3.05) is 25.7 Å². The lowest BCUT2D eigenvalue weighted by Gasteiger charge is -2.14. The third-order valence-electron chi connectivity index (χ3n) is 1.81. The van der Waals surface area contributed by atoms with Crippen molar-refractivity contribution in [2.45, 2.75) is 25.3 Å². The van der Waals surface area contributed by atoms with Crippen LogP contribution >= 0.6 is 11.8 Å². The first-order valence-electron chi connectivity index (χ1n) is 4.29. The molecular formula is C8H20N2OS. The number of methoxy groups -OCH3 is 1. The van der Waals surface area contributed by atoms with Gasteiger partial charge in [-0.05, 0) is 31.3 Å². The maximum absolute atomic E-state index is 5.40. The minimum Gasteiger partial charge on any atom is -0.385 e. The number of thioether (sulfide) groups is 1. The average Bonchev–Trinajstić information content (AvgIpc) is 2.11. The van der Waals surface area contributed by atoms with Crippen LogP contribution in [0.25, 0.3) is 0 Å². The standard InChI is InChI=1S/C8H20N2OS/c1-11-6-3-4-8(10-9)5-7-12-2/h8,10H,3-7,9H2,1-2H3. The summed E-state index contributed by atoms with van der Waals surface area (Å²) in [5, 5.41) is 0. The zero-order chi connectivity index (χ0) is 9.23. The van der Waals surface area contributed by atoms with Crippen molar-refractivity contribution in [1.29, 1.82) is 0 Å². The van der Waals surface area contributed by atoms with E-state index in [0.717, 1.165) is 25.9 Å². The molecule has 0 radical (unpaired) electrons. The number of ether oxygens (including phenoxy) is 1. The molecule has 0 aromatic rings. The van der Waals surface area contributed by atoms with Gasteiger partial charge in [0, 0.05) is 19.8 Å². The van der Waals surface area contributed by atoms with Gasteiger partial charge < -0.3 is 4.74 Å². The number of hydrogen-bond donors (Lipinski definition) is 2. The highest BCUT2D eigenvalue weighted by Gasteiger charge is 2.04. The fraction of sp³-hybridized carbons (Fsp3) is 1.00. The zero-order valence-corrected chi connectivity index (χ0v) is 8.82. The molecule has 0 saturated heterocycles. The van der Waals surface area contributed by atoms with E-state index in [2.05, 4.69) is 11.7 Å². The largest absolute Gasteiger partial charge is 0.385 e. The van der Waals surface area contributed by atoms with Crippen LogP contribution in [0.3, 0.4) is 0 Å². The molecule has 0 saturated carbocycles. The number of nitrogens with two attached hydrogens (primary N) is 1. The third kappa shape index (κ3) is 6.91. The van der Waals surface area contributed by atoms with Crippen molar-refractivity contribution in [2.24, 2.45) is 5.84 Å². The monoisotopic (exact) mass is 192 g/mol. The predicted molar refractivity (Wildman–Crippen MR) is 55.2 cm³/mol. The van der Waals surface area contributed by atoms with Crippen LogP contribution in [0.2, 0.25) is 0 Å². The molecule has 1 atom stereocenters. The van der Waals surface area contributed by atoms with Crippen LogP contribution in [0.4, 0.5) is 0 Å². The van der Waals surface area contributed by atoms with Crippen LogP contribution in [-0.2, 0) is 4.74 Å². The second kappa shape index (κ2) is 9.32. The molecule has 4 heteroatoms. The van der Waals surface area contributed by atoms with Gasteiger partial charge in [0.25, 0.3) is 0 Å². The molecule has 0 aromatic carbocycles. The van der Waals surface area contributed by atoms with Crippen LogP contribution in [0.15, 0.2) is 0 Å². The molecule has 0 fully saturated rings. The van der Waals surface area contributed by atoms with Gasteiger partial charge >= 0.3 is 0 Å². The first-order valence-corrected chi connectivity index (χ1v) is 5.68. The summed E-state index contributed by atoms with van der Waals surface area (Å²) < 4.78 is 4.97. The Morgan fingerprint density at radius 1 is 1.50 bits per heavy atom. The number of nitrogens with one attached hydrogen (secondary N) is 1. The smallest absolute Gasteiger partial charge is 0.0462 e. The van der Waals surface area contributed by atoms with Crippen molar-refractivity contribution in [3.8, 4) is 0 Å². The molecule has 74 valence electrons. The van der Waals surface area contributed by atoms with Crippen LogP contribution in [0, 0.1) is 0 Å². The first kappa shape index (κ1) is 12.2. The number of rotatable bonds is 8. The molecule has 0 aromatic heterocycles. The molecule has 0 bridgehead atoms. The second-order valence-corrected chi connectivity index (χ2v) is 3.77. The maximum atomic E-state index is 5.40. The predicted octanol–water partition coefficient (Wildman–Crippen LogP) is 0.998. The fourth-order valence-corrected chi connectivity index (χ4v) is 1.57. The van der Waals surface area contributed by atoms with Crippen molar-refractivity contribution in [3.05, 3.63) is 0 Å². The molecule has 0 heterocycles. The summed E-state index contributed by atoms with van der Waals surface area (Å²) in [5.74, 6) is 6.56. The van der Waals surface area contributed by atoms with E-state index < -0.39 is 0 Å². The Kier molecular flexibility index (Phi) is 9.50. The SMILES string of the molecule is COCCCC(CCSC)NN. The van der Waals surface area contributed by atoms with Gasteiger partial charge in [0.1, 0.15) is 0 Å². The minimum atomic E-state index is 0.451. The summed E-state index contributed by atoms with van der Waals surface area (Å²) in [5.41, 5.74) is 2.83. The van der Waals surface area contributed by atoms with E-state index in [4.69, 9.17) is 10.6 Å². The average molecular weight is 192 g/mol. The number of hydrogen-bond acceptors (Lipinski definition) is 4. The van der Waals surface area contributed by atoms with E-state index in [0.29, 0.717) is 6.04 Å². The van der Waals surface area contributed by atoms with E-state index in [-0.39, 0.29) is 0 Å². The molecule has 12 heavy (non-hydrogen) atoms. The Hall–Kier alpha value is 0.230. The maximum Gasteiger partial charge on any atom is 0.0462 e. The lowest BCUT2D eigenvalue weighted by Crippen LogP contribution is -2.35. The minimum absolute atomic E-state index is 0.451. The van der Waals surface area contributed by atoms with Crippen LogP contribution in [0.5, 0.6) is 0 Å². The summed E-state index contributed by atoms with van der Waals surface area (Å²) in [6.45, 7) is 0.831. The van der Waals surface area contributed by atoms with Gasteiger partial charge in [-0.1, -0.05) is 0 Å². The van der Waals surface area contributed by atoms with Gasteiger partial charge in [0.05, 0.1) is 0 Å². The Morgan fingerprint density at radius 3 is 2.75 bits per heavy atom. The lowest BCUT2D eigenvalue weighted by atomic mass is 10.1. The number of hydrazine groups is 1. The Labute approximate surface area is 79.4 Å². The lowest BCUT2D eigenvalue weighted by molar-refractivity contribution is 0.188. The van der Waals surface area contributed by atoms with Crippen LogP contribution in [-0.4, -0.2) is 31.8 Å². The van der Waals surface area contributed by atoms with E-state index >= 15 is 0 Å². The summed E-state index contributed by atoms with van der Waals surface area (Å²) >= 11 is 1.86. The van der Waals surface area contributed by atoms with Crippen molar-refractivity contribution in [3.63, 3.8) is 0 Å². The molecule has 0 aliphatic heterocycles. The summed E-state index contributed by atoms with van der Waals surface area (Å²) in [6, 6.07) is 0.451. The third-order valence-corrected chi connectivity index (χ3v) is 2.45. The van der Waals surface area contributed by atoms with Gasteiger partial charge in [-0.2, -0.15) is 11.8 Å². The quantitative estimate of drug-likeness (QED) is 0.342. The van der Waals surface area contributed by atoms with E-state index in [1.165, 1.54) is 5.75 Å². The van der Waals surface area contributed by atoms with Gasteiger partial charge in [-0.25, -0.2) is 0 Å². The highest BCUT2D eigenvalue weighted by molar-refractivity contribution is 7.98. The molecule has 3 N–H and O–H groups in total. The molecule has 0 spiro atoms. The molecule has 0 amide bonds. The normalized spacial score (nSPS) is 13.2. The molecule has 0 rings (SSSR count). The summed E-state index contributed by atoms with van der Waals surface area (Å²) in [6.07, 6.45) is 5.44. The van der Waals surface area contributed by atoms with Crippen LogP contribution in [0.1, 0.15) is 19.3 Å². The van der Waals surface area contributed by atoms with Crippen LogP contribution < -0.4 is 11.3 Å². The van der Waals surface area contributed by atoms with Gasteiger partial charge in [-0.15, -0.1) is 0 Å². The van der Waals surface area contributed by atoms with E-state index in [1.54, 1.807) is 7.11 Å². The Morgan fingerprint density at radius 2 is 2.25 bits per heavy atom. The molecule has 0 aliphatic rings. The van der Waals surface area contributed by atoms with Gasteiger partial charge in [0.15, 0.2) is 0 Å². The van der Waals surface area contributed by atoms with Gasteiger partial charge in [-0.3, -0.25) is 11.3 Å². The van der Waals surface area contributed by atoms with Gasteiger partial charge in [0.2, 0.25) is 0 Å². The summed E-state index contributed by atoms with van der Waals surface area (Å²) in [4.78, 5) is 0. The summed E-state index contributed by atoms with van der Waals surface area (Å²) in [7, 11) is 1.73. The Bertz CT molecular complexity index is 93.1. The Balaban J connectivity index is 3.26. The zero-order valence-electron chi connectivity index (χ0n) is 8.01. The van der Waals surface area contributed by atoms with Crippen molar-refractivity contribution in [1.82, 2.24) is 5.43 Å².